The summed E-state index contributed by atoms with van der Waals surface area (Å²) in [7, 11) is 0. The molecule has 0 aliphatic carbocycles. The van der Waals surface area contributed by atoms with Crippen LogP contribution in [-0.4, -0.2) is 4.57 Å². The number of hydrogen-bond donors (Lipinski definition) is 0. The molecule has 0 unspecified atom stereocenters. The SMILES string of the molecule is c1ccc(N(c2ccccc2)c2ccc(-n3c4cccc5c6ccccc6c6cccc7sc8ccc3c(c8c76)c54)cc2)cc1. The average molecular weight is 591 g/mol. The third kappa shape index (κ3) is 3.50. The van der Waals surface area contributed by atoms with Crippen molar-refractivity contribution in [3.8, 4) is 5.69 Å². The molecule has 8 aromatic carbocycles. The smallest absolute Gasteiger partial charge is 0.0548 e. The molecule has 0 N–H and O–H groups in total. The first kappa shape index (κ1) is 24.8. The largest absolute Gasteiger partial charge is 0.311 e. The van der Waals surface area contributed by atoms with Crippen LogP contribution in [0.15, 0.2) is 158 Å². The first-order valence-corrected chi connectivity index (χ1v) is 16.2. The summed E-state index contributed by atoms with van der Waals surface area (Å²) in [5, 5.41) is 10.7. The van der Waals surface area contributed by atoms with Crippen molar-refractivity contribution in [3.05, 3.63) is 158 Å². The molecule has 2 heterocycles. The summed E-state index contributed by atoms with van der Waals surface area (Å²) < 4.78 is 5.15. The lowest BCUT2D eigenvalue weighted by Crippen LogP contribution is -2.09. The molecule has 45 heavy (non-hydrogen) atoms. The molecule has 0 aliphatic rings. The van der Waals surface area contributed by atoms with E-state index in [-0.39, 0.29) is 0 Å². The Labute approximate surface area is 263 Å². The molecule has 0 saturated carbocycles. The second-order valence-electron chi connectivity index (χ2n) is 11.7. The summed E-state index contributed by atoms with van der Waals surface area (Å²) >= 11 is 1.90. The van der Waals surface area contributed by atoms with Crippen LogP contribution in [0.1, 0.15) is 0 Å². The van der Waals surface area contributed by atoms with Gasteiger partial charge in [-0.25, -0.2) is 0 Å². The van der Waals surface area contributed by atoms with Gasteiger partial charge >= 0.3 is 0 Å². The van der Waals surface area contributed by atoms with Gasteiger partial charge in [-0.2, -0.15) is 0 Å². The van der Waals surface area contributed by atoms with Gasteiger partial charge in [0.05, 0.1) is 11.0 Å². The van der Waals surface area contributed by atoms with E-state index in [1.54, 1.807) is 0 Å². The molecule has 0 spiro atoms. The number of aromatic nitrogens is 1. The van der Waals surface area contributed by atoms with Crippen molar-refractivity contribution in [3.63, 3.8) is 0 Å². The van der Waals surface area contributed by atoms with Gasteiger partial charge < -0.3 is 9.47 Å². The molecule has 0 atom stereocenters. The van der Waals surface area contributed by atoms with Crippen LogP contribution < -0.4 is 4.90 Å². The molecule has 210 valence electrons. The first-order valence-electron chi connectivity index (χ1n) is 15.4. The van der Waals surface area contributed by atoms with E-state index in [0.29, 0.717) is 0 Å². The number of fused-ring (bicyclic) bond motifs is 3. The Balaban J connectivity index is 1.29. The van der Waals surface area contributed by atoms with E-state index < -0.39 is 0 Å². The fraction of sp³-hybridized carbons (Fsp3) is 0. The summed E-state index contributed by atoms with van der Waals surface area (Å²) in [4.78, 5) is 2.32. The highest BCUT2D eigenvalue weighted by atomic mass is 32.1. The Morgan fingerprint density at radius 2 is 0.889 bits per heavy atom. The van der Waals surface area contributed by atoms with Gasteiger partial charge in [0.1, 0.15) is 0 Å². The van der Waals surface area contributed by atoms with Crippen LogP contribution >= 0.6 is 11.3 Å². The minimum absolute atomic E-state index is 1.13. The zero-order valence-electron chi connectivity index (χ0n) is 24.3. The summed E-state index contributed by atoms with van der Waals surface area (Å²) in [6.45, 7) is 0. The zero-order chi connectivity index (χ0) is 29.5. The second kappa shape index (κ2) is 9.43. The lowest BCUT2D eigenvalue weighted by Gasteiger charge is -2.25. The normalized spacial score (nSPS) is 12.0. The Hall–Kier alpha value is -5.64. The molecular formula is C42H26N2S. The summed E-state index contributed by atoms with van der Waals surface area (Å²) in [5.74, 6) is 0. The molecular weight excluding hydrogens is 565 g/mol. The van der Waals surface area contributed by atoms with E-state index in [4.69, 9.17) is 0 Å². The van der Waals surface area contributed by atoms with Gasteiger partial charge in [-0.15, -0.1) is 11.3 Å². The molecule has 2 nitrogen and oxygen atoms in total. The van der Waals surface area contributed by atoms with E-state index in [1.165, 1.54) is 63.5 Å². The van der Waals surface area contributed by atoms with E-state index in [0.717, 1.165) is 22.7 Å². The maximum absolute atomic E-state index is 2.47. The van der Waals surface area contributed by atoms with Crippen LogP contribution in [0.3, 0.4) is 0 Å². The number of benzene rings is 7. The van der Waals surface area contributed by atoms with E-state index in [9.17, 15) is 0 Å². The third-order valence-electron chi connectivity index (χ3n) is 9.32. The number of rotatable bonds is 4. The highest BCUT2D eigenvalue weighted by molar-refractivity contribution is 7.26. The van der Waals surface area contributed by atoms with Gasteiger partial charge in [-0.3, -0.25) is 0 Å². The first-order chi connectivity index (χ1) is 22.3. The quantitative estimate of drug-likeness (QED) is 0.198. The third-order valence-corrected chi connectivity index (χ3v) is 10.4. The van der Waals surface area contributed by atoms with Crippen molar-refractivity contribution < 1.29 is 0 Å². The predicted molar refractivity (Wildman–Crippen MR) is 195 cm³/mol. The van der Waals surface area contributed by atoms with E-state index >= 15 is 0 Å². The van der Waals surface area contributed by atoms with Crippen molar-refractivity contribution in [2.45, 2.75) is 0 Å². The van der Waals surface area contributed by atoms with Crippen LogP contribution in [0.5, 0.6) is 0 Å². The molecule has 0 fully saturated rings. The van der Waals surface area contributed by atoms with Crippen LogP contribution in [0.4, 0.5) is 17.1 Å². The van der Waals surface area contributed by atoms with E-state index in [1.807, 2.05) is 11.3 Å². The van der Waals surface area contributed by atoms with Gasteiger partial charge in [0.15, 0.2) is 0 Å². The minimum atomic E-state index is 1.13. The van der Waals surface area contributed by atoms with Gasteiger partial charge in [-0.05, 0) is 94.3 Å². The lowest BCUT2D eigenvalue weighted by atomic mass is 9.95. The molecule has 0 bridgehead atoms. The second-order valence-corrected chi connectivity index (χ2v) is 12.8. The highest BCUT2D eigenvalue weighted by Crippen LogP contribution is 2.48. The van der Waals surface area contributed by atoms with Crippen LogP contribution in [0, 0.1) is 0 Å². The minimum Gasteiger partial charge on any atom is -0.311 e. The van der Waals surface area contributed by atoms with E-state index in [2.05, 4.69) is 167 Å². The molecule has 0 amide bonds. The summed E-state index contributed by atoms with van der Waals surface area (Å²) in [5.41, 5.74) is 7.04. The van der Waals surface area contributed by atoms with Crippen molar-refractivity contribution >= 4 is 91.9 Å². The Kier molecular flexibility index (Phi) is 5.19. The van der Waals surface area contributed by atoms with Crippen LogP contribution in [-0.2, 0) is 0 Å². The topological polar surface area (TPSA) is 8.17 Å². The van der Waals surface area contributed by atoms with Crippen molar-refractivity contribution in [1.29, 1.82) is 0 Å². The van der Waals surface area contributed by atoms with Gasteiger partial charge in [0, 0.05) is 53.7 Å². The average Bonchev–Trinajstić information content (AvgIpc) is 3.65. The van der Waals surface area contributed by atoms with Crippen molar-refractivity contribution in [1.82, 2.24) is 4.57 Å². The molecule has 0 radical (unpaired) electrons. The molecule has 10 aromatic rings. The zero-order valence-corrected chi connectivity index (χ0v) is 25.1. The monoisotopic (exact) mass is 590 g/mol. The molecule has 2 aromatic heterocycles. The Bertz CT molecular complexity index is 2640. The number of nitrogens with zero attached hydrogens (tertiary/aromatic N) is 2. The fourth-order valence-electron chi connectivity index (χ4n) is 7.49. The Morgan fingerprint density at radius 1 is 0.356 bits per heavy atom. The standard InChI is InChI=1S/C42H26N2S/c1-3-11-27(12-4-1)43(28-13-5-2-6-14-28)29-21-23-30(24-22-29)44-35-19-9-17-33-31-15-7-8-16-32(31)34-18-10-20-37-40(34)42-38(45-37)26-25-36(44)41(42)39(33)35/h1-26H. The fourth-order valence-corrected chi connectivity index (χ4v) is 8.63. The summed E-state index contributed by atoms with van der Waals surface area (Å²) in [6, 6.07) is 57.4. The molecule has 10 rings (SSSR count). The van der Waals surface area contributed by atoms with Gasteiger partial charge in [-0.1, -0.05) is 84.9 Å². The van der Waals surface area contributed by atoms with Crippen molar-refractivity contribution in [2.24, 2.45) is 0 Å². The predicted octanol–water partition coefficient (Wildman–Crippen LogP) is 12.4. The van der Waals surface area contributed by atoms with Gasteiger partial charge in [0.2, 0.25) is 0 Å². The van der Waals surface area contributed by atoms with Crippen molar-refractivity contribution in [2.75, 3.05) is 4.90 Å². The number of anilines is 3. The van der Waals surface area contributed by atoms with Crippen LogP contribution in [0.2, 0.25) is 0 Å². The number of para-hydroxylation sites is 2. The Morgan fingerprint density at radius 3 is 1.58 bits per heavy atom. The maximum Gasteiger partial charge on any atom is 0.0548 e. The number of thiophene rings is 1. The number of hydrogen-bond acceptors (Lipinski definition) is 2. The summed E-state index contributed by atoms with van der Waals surface area (Å²) in [6.07, 6.45) is 0. The lowest BCUT2D eigenvalue weighted by molar-refractivity contribution is 1.17. The van der Waals surface area contributed by atoms with Gasteiger partial charge in [0.25, 0.3) is 0 Å². The van der Waals surface area contributed by atoms with Crippen LogP contribution in [0.25, 0.3) is 69.2 Å². The highest BCUT2D eigenvalue weighted by Gasteiger charge is 2.22. The molecule has 0 aliphatic heterocycles. The molecule has 3 heteroatoms. The maximum atomic E-state index is 2.47. The molecule has 0 saturated heterocycles.